The molecule has 0 unspecified atom stereocenters. The summed E-state index contributed by atoms with van der Waals surface area (Å²) < 4.78 is 1.78. The van der Waals surface area contributed by atoms with Crippen LogP contribution in [-0.4, -0.2) is 15.0 Å². The predicted octanol–water partition coefficient (Wildman–Crippen LogP) is 3.44. The van der Waals surface area contributed by atoms with E-state index >= 15 is 0 Å². The first kappa shape index (κ1) is 13.4. The van der Waals surface area contributed by atoms with Gasteiger partial charge < -0.3 is 5.73 Å². The number of nitrogen functional groups attached to an aromatic ring is 1. The molecule has 0 spiro atoms. The van der Waals surface area contributed by atoms with Crippen LogP contribution >= 0.6 is 0 Å². The maximum atomic E-state index is 5.87. The SMILES string of the molecule is Cc1ccc(C)c(-c2cn(-c3cc(N)ccc3C)nn2)c1. The number of anilines is 1. The second kappa shape index (κ2) is 5.05. The van der Waals surface area contributed by atoms with Crippen molar-refractivity contribution in [2.75, 3.05) is 5.73 Å². The Balaban J connectivity index is 2.08. The monoisotopic (exact) mass is 278 g/mol. The minimum absolute atomic E-state index is 0.722. The molecule has 106 valence electrons. The number of aromatic nitrogens is 3. The Kier molecular flexibility index (Phi) is 3.22. The molecule has 3 aromatic rings. The molecule has 21 heavy (non-hydrogen) atoms. The average molecular weight is 278 g/mol. The molecular formula is C17H18N4. The molecular weight excluding hydrogens is 260 g/mol. The number of aryl methyl sites for hydroxylation is 3. The average Bonchev–Trinajstić information content (AvgIpc) is 2.93. The molecule has 0 aliphatic heterocycles. The standard InChI is InChI=1S/C17H18N4/c1-11-4-5-12(2)15(8-11)16-10-21(20-19-16)17-9-14(18)7-6-13(17)3/h4-10H,18H2,1-3H3. The third-order valence-corrected chi connectivity index (χ3v) is 3.64. The van der Waals surface area contributed by atoms with Crippen molar-refractivity contribution in [1.29, 1.82) is 0 Å². The number of nitrogens with zero attached hydrogens (tertiary/aromatic N) is 3. The molecule has 0 aliphatic rings. The second-order valence-corrected chi connectivity index (χ2v) is 5.41. The lowest BCUT2D eigenvalue weighted by Crippen LogP contribution is -1.99. The van der Waals surface area contributed by atoms with E-state index in [1.807, 2.05) is 31.3 Å². The van der Waals surface area contributed by atoms with Crippen LogP contribution in [0.15, 0.2) is 42.6 Å². The van der Waals surface area contributed by atoms with Crippen LogP contribution in [0.1, 0.15) is 16.7 Å². The van der Waals surface area contributed by atoms with Crippen molar-refractivity contribution in [1.82, 2.24) is 15.0 Å². The van der Waals surface area contributed by atoms with Gasteiger partial charge in [0.2, 0.25) is 0 Å². The summed E-state index contributed by atoms with van der Waals surface area (Å²) in [7, 11) is 0. The largest absolute Gasteiger partial charge is 0.399 e. The van der Waals surface area contributed by atoms with Crippen molar-refractivity contribution < 1.29 is 0 Å². The van der Waals surface area contributed by atoms with Gasteiger partial charge in [-0.15, -0.1) is 5.10 Å². The predicted molar refractivity (Wildman–Crippen MR) is 85.4 cm³/mol. The van der Waals surface area contributed by atoms with Crippen molar-refractivity contribution in [3.63, 3.8) is 0 Å². The topological polar surface area (TPSA) is 56.7 Å². The summed E-state index contributed by atoms with van der Waals surface area (Å²) in [5.41, 5.74) is 13.0. The summed E-state index contributed by atoms with van der Waals surface area (Å²) >= 11 is 0. The van der Waals surface area contributed by atoms with Crippen LogP contribution in [-0.2, 0) is 0 Å². The molecule has 0 radical (unpaired) electrons. The van der Waals surface area contributed by atoms with Crippen LogP contribution in [0.25, 0.3) is 16.9 Å². The summed E-state index contributed by atoms with van der Waals surface area (Å²) in [4.78, 5) is 0. The number of nitrogens with two attached hydrogens (primary N) is 1. The maximum Gasteiger partial charge on any atom is 0.113 e. The van der Waals surface area contributed by atoms with Gasteiger partial charge in [-0.05, 0) is 50.1 Å². The summed E-state index contributed by atoms with van der Waals surface area (Å²) in [5, 5.41) is 8.55. The smallest absolute Gasteiger partial charge is 0.113 e. The minimum atomic E-state index is 0.722. The highest BCUT2D eigenvalue weighted by Crippen LogP contribution is 2.24. The van der Waals surface area contributed by atoms with Gasteiger partial charge in [-0.2, -0.15) is 0 Å². The van der Waals surface area contributed by atoms with Crippen LogP contribution < -0.4 is 5.73 Å². The van der Waals surface area contributed by atoms with Gasteiger partial charge in [0, 0.05) is 11.3 Å². The van der Waals surface area contributed by atoms with E-state index in [9.17, 15) is 0 Å². The molecule has 0 saturated carbocycles. The number of hydrogen-bond acceptors (Lipinski definition) is 3. The maximum absolute atomic E-state index is 5.87. The Hall–Kier alpha value is -2.62. The first-order valence-corrected chi connectivity index (χ1v) is 6.91. The van der Waals surface area contributed by atoms with E-state index in [0.29, 0.717) is 0 Å². The van der Waals surface area contributed by atoms with E-state index in [-0.39, 0.29) is 0 Å². The molecule has 1 aromatic heterocycles. The van der Waals surface area contributed by atoms with Gasteiger partial charge in [0.05, 0.1) is 11.9 Å². The van der Waals surface area contributed by atoms with Crippen LogP contribution in [0, 0.1) is 20.8 Å². The van der Waals surface area contributed by atoms with Gasteiger partial charge in [-0.3, -0.25) is 0 Å². The van der Waals surface area contributed by atoms with Crippen molar-refractivity contribution in [2.45, 2.75) is 20.8 Å². The lowest BCUT2D eigenvalue weighted by molar-refractivity contribution is 0.799. The second-order valence-electron chi connectivity index (χ2n) is 5.41. The van der Waals surface area contributed by atoms with Crippen LogP contribution in [0.2, 0.25) is 0 Å². The highest BCUT2D eigenvalue weighted by Gasteiger charge is 2.09. The Bertz CT molecular complexity index is 736. The fraction of sp³-hybridized carbons (Fsp3) is 0.176. The normalized spacial score (nSPS) is 10.8. The molecule has 3 rings (SSSR count). The molecule has 2 N–H and O–H groups in total. The van der Waals surface area contributed by atoms with Gasteiger partial charge in [0.1, 0.15) is 5.69 Å². The lowest BCUT2D eigenvalue weighted by Gasteiger charge is -2.06. The van der Waals surface area contributed by atoms with Crippen LogP contribution in [0.3, 0.4) is 0 Å². The van der Waals surface area contributed by atoms with E-state index < -0.39 is 0 Å². The summed E-state index contributed by atoms with van der Waals surface area (Å²) in [6, 6.07) is 12.1. The Morgan fingerprint density at radius 1 is 0.952 bits per heavy atom. The van der Waals surface area contributed by atoms with E-state index in [0.717, 1.165) is 28.2 Å². The number of rotatable bonds is 2. The summed E-state index contributed by atoms with van der Waals surface area (Å²) in [6.07, 6.45) is 1.95. The Morgan fingerprint density at radius 3 is 2.52 bits per heavy atom. The van der Waals surface area contributed by atoms with Gasteiger partial charge in [0.25, 0.3) is 0 Å². The van der Waals surface area contributed by atoms with E-state index in [4.69, 9.17) is 5.73 Å². The molecule has 2 aromatic carbocycles. The van der Waals surface area contributed by atoms with Gasteiger partial charge in [-0.25, -0.2) is 4.68 Å². The molecule has 4 nitrogen and oxygen atoms in total. The van der Waals surface area contributed by atoms with Gasteiger partial charge >= 0.3 is 0 Å². The van der Waals surface area contributed by atoms with Gasteiger partial charge in [-0.1, -0.05) is 29.0 Å². The molecule has 0 aliphatic carbocycles. The Morgan fingerprint density at radius 2 is 1.71 bits per heavy atom. The van der Waals surface area contributed by atoms with Crippen LogP contribution in [0.4, 0.5) is 5.69 Å². The Labute approximate surface area is 124 Å². The molecule has 0 amide bonds. The fourth-order valence-electron chi connectivity index (χ4n) is 2.39. The fourth-order valence-corrected chi connectivity index (χ4v) is 2.39. The zero-order valence-corrected chi connectivity index (χ0v) is 12.5. The molecule has 0 bridgehead atoms. The minimum Gasteiger partial charge on any atom is -0.399 e. The third kappa shape index (κ3) is 2.52. The van der Waals surface area contributed by atoms with Crippen LogP contribution in [0.5, 0.6) is 0 Å². The van der Waals surface area contributed by atoms with Crippen molar-refractivity contribution in [3.05, 3.63) is 59.3 Å². The number of hydrogen-bond donors (Lipinski definition) is 1. The molecule has 0 saturated heterocycles. The molecule has 0 fully saturated rings. The zero-order chi connectivity index (χ0) is 15.0. The first-order valence-electron chi connectivity index (χ1n) is 6.91. The van der Waals surface area contributed by atoms with E-state index in [2.05, 4.69) is 42.4 Å². The highest BCUT2D eigenvalue weighted by atomic mass is 15.4. The summed E-state index contributed by atoms with van der Waals surface area (Å²) in [6.45, 7) is 6.20. The van der Waals surface area contributed by atoms with E-state index in [1.165, 1.54) is 11.1 Å². The third-order valence-electron chi connectivity index (χ3n) is 3.64. The molecule has 1 heterocycles. The number of benzene rings is 2. The van der Waals surface area contributed by atoms with Crippen molar-refractivity contribution in [3.8, 4) is 16.9 Å². The highest BCUT2D eigenvalue weighted by molar-refractivity contribution is 5.64. The van der Waals surface area contributed by atoms with Gasteiger partial charge in [0.15, 0.2) is 0 Å². The zero-order valence-electron chi connectivity index (χ0n) is 12.5. The molecule has 0 atom stereocenters. The van der Waals surface area contributed by atoms with Crippen molar-refractivity contribution in [2.24, 2.45) is 0 Å². The summed E-state index contributed by atoms with van der Waals surface area (Å²) in [5.74, 6) is 0. The quantitative estimate of drug-likeness (QED) is 0.730. The molecule has 4 heteroatoms. The van der Waals surface area contributed by atoms with Crippen molar-refractivity contribution >= 4 is 5.69 Å². The lowest BCUT2D eigenvalue weighted by atomic mass is 10.0. The van der Waals surface area contributed by atoms with E-state index in [1.54, 1.807) is 4.68 Å². The first-order chi connectivity index (χ1) is 10.0.